The summed E-state index contributed by atoms with van der Waals surface area (Å²) >= 11 is 0. The number of cyclic esters (lactones) is 1. The monoisotopic (exact) mass is 207 g/mol. The maximum Gasteiger partial charge on any atom is 0.325 e. The molecule has 1 fully saturated rings. The molecule has 15 heavy (non-hydrogen) atoms. The molecule has 0 bridgehead atoms. The van der Waals surface area contributed by atoms with Gasteiger partial charge < -0.3 is 15.2 Å². The molecule has 0 spiro atoms. The minimum Gasteiger partial charge on any atom is -0.435 e. The van der Waals surface area contributed by atoms with Crippen LogP contribution in [0.4, 0.5) is 0 Å². The zero-order valence-corrected chi connectivity index (χ0v) is 8.26. The molecule has 0 aliphatic carbocycles. The molecule has 2 N–H and O–H groups in total. The standard InChI is InChI=1S/C11H13NO3/c12-9-6-10(15-11(9)13)14-7-8-4-2-1-3-5-8/h1-5,9-10H,6-7,12H2. The predicted molar refractivity (Wildman–Crippen MR) is 53.7 cm³/mol. The lowest BCUT2D eigenvalue weighted by molar-refractivity contribution is -0.164. The van der Waals surface area contributed by atoms with Gasteiger partial charge in [-0.3, -0.25) is 4.79 Å². The molecule has 4 nitrogen and oxygen atoms in total. The van der Waals surface area contributed by atoms with E-state index in [1.807, 2.05) is 30.3 Å². The van der Waals surface area contributed by atoms with Crippen molar-refractivity contribution < 1.29 is 14.3 Å². The Morgan fingerprint density at radius 1 is 1.40 bits per heavy atom. The van der Waals surface area contributed by atoms with Gasteiger partial charge in [-0.15, -0.1) is 0 Å². The largest absolute Gasteiger partial charge is 0.435 e. The zero-order valence-electron chi connectivity index (χ0n) is 8.26. The van der Waals surface area contributed by atoms with Crippen LogP contribution in [-0.4, -0.2) is 18.3 Å². The van der Waals surface area contributed by atoms with Crippen molar-refractivity contribution >= 4 is 5.97 Å². The molecular weight excluding hydrogens is 194 g/mol. The molecule has 0 saturated carbocycles. The summed E-state index contributed by atoms with van der Waals surface area (Å²) in [4.78, 5) is 11.0. The van der Waals surface area contributed by atoms with Gasteiger partial charge in [0.05, 0.1) is 6.61 Å². The second-order valence-corrected chi connectivity index (χ2v) is 3.51. The number of esters is 1. The number of nitrogens with two attached hydrogens (primary N) is 1. The number of ether oxygens (including phenoxy) is 2. The highest BCUT2D eigenvalue weighted by Crippen LogP contribution is 2.15. The average Bonchev–Trinajstić information content (AvgIpc) is 2.57. The van der Waals surface area contributed by atoms with Gasteiger partial charge in [0.15, 0.2) is 0 Å². The Hall–Kier alpha value is -1.39. The van der Waals surface area contributed by atoms with E-state index in [2.05, 4.69) is 0 Å². The quantitative estimate of drug-likeness (QED) is 0.745. The van der Waals surface area contributed by atoms with Crippen LogP contribution < -0.4 is 5.73 Å². The van der Waals surface area contributed by atoms with Crippen LogP contribution in [0, 0.1) is 0 Å². The fraction of sp³-hybridized carbons (Fsp3) is 0.364. The summed E-state index contributed by atoms with van der Waals surface area (Å²) in [5, 5.41) is 0. The van der Waals surface area contributed by atoms with E-state index in [1.54, 1.807) is 0 Å². The number of hydrogen-bond acceptors (Lipinski definition) is 4. The third-order valence-corrected chi connectivity index (χ3v) is 2.28. The van der Waals surface area contributed by atoms with Gasteiger partial charge in [0, 0.05) is 6.42 Å². The van der Waals surface area contributed by atoms with Gasteiger partial charge in [-0.05, 0) is 5.56 Å². The van der Waals surface area contributed by atoms with Crippen molar-refractivity contribution in [3.05, 3.63) is 35.9 Å². The topological polar surface area (TPSA) is 61.6 Å². The first-order valence-electron chi connectivity index (χ1n) is 4.87. The molecule has 4 heteroatoms. The van der Waals surface area contributed by atoms with Gasteiger partial charge in [-0.25, -0.2) is 0 Å². The van der Waals surface area contributed by atoms with Crippen LogP contribution in [0.3, 0.4) is 0 Å². The van der Waals surface area contributed by atoms with Crippen LogP contribution in [-0.2, 0) is 20.9 Å². The lowest BCUT2D eigenvalue weighted by atomic mass is 10.2. The lowest BCUT2D eigenvalue weighted by Crippen LogP contribution is -2.24. The van der Waals surface area contributed by atoms with E-state index in [1.165, 1.54) is 0 Å². The zero-order chi connectivity index (χ0) is 10.7. The molecule has 0 radical (unpaired) electrons. The van der Waals surface area contributed by atoms with Crippen molar-refractivity contribution in [2.45, 2.75) is 25.4 Å². The first kappa shape index (κ1) is 10.1. The van der Waals surface area contributed by atoms with E-state index in [-0.39, 0.29) is 5.97 Å². The second-order valence-electron chi connectivity index (χ2n) is 3.51. The first-order valence-corrected chi connectivity index (χ1v) is 4.87. The van der Waals surface area contributed by atoms with Crippen molar-refractivity contribution in [1.82, 2.24) is 0 Å². The van der Waals surface area contributed by atoms with Crippen molar-refractivity contribution in [3.63, 3.8) is 0 Å². The summed E-state index contributed by atoms with van der Waals surface area (Å²) in [6.07, 6.45) is -0.0567. The summed E-state index contributed by atoms with van der Waals surface area (Å²) < 4.78 is 10.3. The predicted octanol–water partition coefficient (Wildman–Crippen LogP) is 0.803. The maximum absolute atomic E-state index is 11.0. The molecule has 1 saturated heterocycles. The summed E-state index contributed by atoms with van der Waals surface area (Å²) in [6.45, 7) is 0.436. The third-order valence-electron chi connectivity index (χ3n) is 2.28. The van der Waals surface area contributed by atoms with Crippen molar-refractivity contribution in [3.8, 4) is 0 Å². The Morgan fingerprint density at radius 2 is 2.13 bits per heavy atom. The van der Waals surface area contributed by atoms with E-state index in [4.69, 9.17) is 15.2 Å². The smallest absolute Gasteiger partial charge is 0.325 e. The van der Waals surface area contributed by atoms with Crippen LogP contribution >= 0.6 is 0 Å². The Balaban J connectivity index is 1.82. The molecular formula is C11H13NO3. The SMILES string of the molecule is NC1CC(OCc2ccccc2)OC1=O. The summed E-state index contributed by atoms with van der Waals surface area (Å²) in [5.41, 5.74) is 6.53. The molecule has 2 rings (SSSR count). The third kappa shape index (κ3) is 2.55. The minimum atomic E-state index is -0.536. The fourth-order valence-corrected chi connectivity index (χ4v) is 1.43. The normalized spacial score (nSPS) is 25.3. The molecule has 1 aliphatic rings. The summed E-state index contributed by atoms with van der Waals surface area (Å²) in [5.74, 6) is -0.381. The van der Waals surface area contributed by atoms with Crippen LogP contribution in [0.25, 0.3) is 0 Å². The lowest BCUT2D eigenvalue weighted by Gasteiger charge is -2.09. The molecule has 1 heterocycles. The van der Waals surface area contributed by atoms with Crippen LogP contribution in [0.15, 0.2) is 30.3 Å². The van der Waals surface area contributed by atoms with Crippen LogP contribution in [0.1, 0.15) is 12.0 Å². The summed E-state index contributed by atoms with van der Waals surface area (Å²) in [6, 6.07) is 9.18. The number of benzene rings is 1. The molecule has 1 aromatic carbocycles. The van der Waals surface area contributed by atoms with Crippen molar-refractivity contribution in [2.24, 2.45) is 5.73 Å². The van der Waals surface area contributed by atoms with E-state index in [0.29, 0.717) is 13.0 Å². The van der Waals surface area contributed by atoms with Gasteiger partial charge in [-0.1, -0.05) is 30.3 Å². The van der Waals surface area contributed by atoms with Gasteiger partial charge in [0.2, 0.25) is 6.29 Å². The molecule has 0 amide bonds. The Labute approximate surface area is 88.0 Å². The Kier molecular flexibility index (Phi) is 2.99. The molecule has 0 aromatic heterocycles. The minimum absolute atomic E-state index is 0.381. The molecule has 2 atom stereocenters. The number of carbonyl (C=O) groups excluding carboxylic acids is 1. The van der Waals surface area contributed by atoms with E-state index >= 15 is 0 Å². The maximum atomic E-state index is 11.0. The van der Waals surface area contributed by atoms with Crippen molar-refractivity contribution in [1.29, 1.82) is 0 Å². The highest BCUT2D eigenvalue weighted by molar-refractivity contribution is 5.77. The highest BCUT2D eigenvalue weighted by atomic mass is 16.7. The Morgan fingerprint density at radius 3 is 2.73 bits per heavy atom. The fourth-order valence-electron chi connectivity index (χ4n) is 1.43. The number of carbonyl (C=O) groups is 1. The van der Waals surface area contributed by atoms with E-state index < -0.39 is 12.3 Å². The number of rotatable bonds is 3. The van der Waals surface area contributed by atoms with Gasteiger partial charge in [0.1, 0.15) is 6.04 Å². The Bertz CT molecular complexity index is 339. The summed E-state index contributed by atoms with van der Waals surface area (Å²) in [7, 11) is 0. The van der Waals surface area contributed by atoms with Crippen LogP contribution in [0.5, 0.6) is 0 Å². The second kappa shape index (κ2) is 4.42. The van der Waals surface area contributed by atoms with E-state index in [0.717, 1.165) is 5.56 Å². The molecule has 80 valence electrons. The van der Waals surface area contributed by atoms with Crippen LogP contribution in [0.2, 0.25) is 0 Å². The van der Waals surface area contributed by atoms with Crippen molar-refractivity contribution in [2.75, 3.05) is 0 Å². The first-order chi connectivity index (χ1) is 7.25. The average molecular weight is 207 g/mol. The molecule has 2 unspecified atom stereocenters. The van der Waals surface area contributed by atoms with E-state index in [9.17, 15) is 4.79 Å². The highest BCUT2D eigenvalue weighted by Gasteiger charge is 2.31. The molecule has 1 aliphatic heterocycles. The van der Waals surface area contributed by atoms with Gasteiger partial charge in [0.25, 0.3) is 0 Å². The number of hydrogen-bond donors (Lipinski definition) is 1. The molecule has 1 aromatic rings. The van der Waals surface area contributed by atoms with Gasteiger partial charge >= 0.3 is 5.97 Å². The van der Waals surface area contributed by atoms with Gasteiger partial charge in [-0.2, -0.15) is 0 Å².